The molecule has 11 heteroatoms. The van der Waals surface area contributed by atoms with Gasteiger partial charge in [-0.1, -0.05) is 27.2 Å². The summed E-state index contributed by atoms with van der Waals surface area (Å²) in [6, 6.07) is 8.91. The van der Waals surface area contributed by atoms with Crippen molar-refractivity contribution in [2.24, 2.45) is 0 Å². The molecule has 0 saturated carbocycles. The summed E-state index contributed by atoms with van der Waals surface area (Å²) in [6.45, 7) is 2.62. The zero-order valence-electron chi connectivity index (χ0n) is 13.8. The number of benzene rings is 2. The summed E-state index contributed by atoms with van der Waals surface area (Å²) < 4.78 is 63.0. The van der Waals surface area contributed by atoms with E-state index in [1.54, 1.807) is 6.07 Å². The first-order valence-corrected chi connectivity index (χ1v) is 10.3. The molecule has 0 atom stereocenters. The summed E-state index contributed by atoms with van der Waals surface area (Å²) in [5.41, 5.74) is -0.385. The molecule has 0 aliphatic carbocycles. The summed E-state index contributed by atoms with van der Waals surface area (Å²) in [7, 11) is -8.72. The van der Waals surface area contributed by atoms with Gasteiger partial charge in [0.25, 0.3) is 10.0 Å². The molecule has 2 aromatic rings. The normalized spacial score (nSPS) is 12.0. The van der Waals surface area contributed by atoms with Gasteiger partial charge in [-0.15, -0.1) is 0 Å². The van der Waals surface area contributed by atoms with Crippen LogP contribution in [0.5, 0.6) is 0 Å². The van der Waals surface area contributed by atoms with Crippen LogP contribution in [0.2, 0.25) is 0 Å². The van der Waals surface area contributed by atoms with Crippen LogP contribution in [0.4, 0.5) is 10.2 Å². The first-order chi connectivity index (χ1) is 12.0. The van der Waals surface area contributed by atoms with Gasteiger partial charge in [-0.25, -0.2) is 8.42 Å². The Bertz CT molecular complexity index is 1030. The van der Waals surface area contributed by atoms with Crippen molar-refractivity contribution in [1.82, 2.24) is 0 Å². The van der Waals surface area contributed by atoms with E-state index in [-0.39, 0.29) is 20.9 Å². The predicted octanol–water partition coefficient (Wildman–Crippen LogP) is 2.39. The average Bonchev–Trinajstić information content (AvgIpc) is 2.52. The van der Waals surface area contributed by atoms with Gasteiger partial charge in [-0.2, -0.15) is 8.42 Å². The number of hydrogen-bond donors (Lipinski definition) is 0. The third kappa shape index (κ3) is 3.83. The van der Waals surface area contributed by atoms with Crippen LogP contribution < -0.4 is 4.53 Å². The Morgan fingerprint density at radius 3 is 2.00 bits per heavy atom. The van der Waals surface area contributed by atoms with E-state index in [1.807, 2.05) is 0 Å². The summed E-state index contributed by atoms with van der Waals surface area (Å²) in [5.74, 6) is -1.31. The number of nitrogens with zero attached hydrogens (tertiary/aromatic N) is 2. The molecule has 0 radical (unpaired) electrons. The van der Waals surface area contributed by atoms with E-state index in [1.165, 1.54) is 38.1 Å². The molecule has 8 nitrogen and oxygen atoms in total. The van der Waals surface area contributed by atoms with E-state index < -0.39 is 40.9 Å². The van der Waals surface area contributed by atoms with Crippen molar-refractivity contribution >= 4 is 25.5 Å². The number of aryl methyl sites for hydroxylation is 2. The second-order valence-electron chi connectivity index (χ2n) is 5.52. The summed E-state index contributed by atoms with van der Waals surface area (Å²) >= 11 is 0. The van der Waals surface area contributed by atoms with E-state index in [0.717, 1.165) is 12.1 Å². The first kappa shape index (κ1) is 19.8. The van der Waals surface area contributed by atoms with Gasteiger partial charge in [0.2, 0.25) is 9.84 Å². The summed E-state index contributed by atoms with van der Waals surface area (Å²) in [4.78, 5) is 8.98. The molecule has 0 spiro atoms. The van der Waals surface area contributed by atoms with Crippen molar-refractivity contribution in [3.63, 3.8) is 0 Å². The maximum absolute atomic E-state index is 14.6. The monoisotopic (exact) mass is 402 g/mol. The maximum Gasteiger partial charge on any atom is 0.305 e. The lowest BCUT2D eigenvalue weighted by atomic mass is 10.1. The molecule has 0 amide bonds. The van der Waals surface area contributed by atoms with Crippen LogP contribution in [0.15, 0.2) is 52.3 Å². The van der Waals surface area contributed by atoms with E-state index in [4.69, 9.17) is 0 Å². The highest BCUT2D eigenvalue weighted by molar-refractivity contribution is 7.92. The van der Waals surface area contributed by atoms with Crippen LogP contribution in [-0.4, -0.2) is 27.6 Å². The van der Waals surface area contributed by atoms with Crippen molar-refractivity contribution < 1.29 is 26.2 Å². The Morgan fingerprint density at radius 2 is 1.54 bits per heavy atom. The van der Waals surface area contributed by atoms with Crippen molar-refractivity contribution in [1.29, 1.82) is 0 Å². The topological polar surface area (TPSA) is 115 Å². The van der Waals surface area contributed by atoms with Gasteiger partial charge in [-0.05, 0) is 49.2 Å². The summed E-state index contributed by atoms with van der Waals surface area (Å²) in [6.07, 6.45) is 0. The van der Waals surface area contributed by atoms with E-state index >= 15 is 0 Å². The fraction of sp³-hybridized carbons (Fsp3) is 0.200. The van der Waals surface area contributed by atoms with Crippen LogP contribution in [-0.2, 0) is 19.9 Å². The zero-order chi connectivity index (χ0) is 19.7. The van der Waals surface area contributed by atoms with Crippen LogP contribution in [0.3, 0.4) is 0 Å². The standard InChI is InChI=1S/C15H15FN2O6S2/c1-11-8-13(9-12(2)15(11)25(21,22)10-17(19)20)18(16)26(23,24)14-6-4-3-5-7-14/h3-9H,10H2,1-2H3. The number of halogens is 1. The first-order valence-electron chi connectivity index (χ1n) is 7.19. The van der Waals surface area contributed by atoms with Crippen molar-refractivity contribution in [3.8, 4) is 0 Å². The average molecular weight is 402 g/mol. The van der Waals surface area contributed by atoms with Gasteiger partial charge in [0.15, 0.2) is 0 Å². The molecule has 0 aliphatic rings. The van der Waals surface area contributed by atoms with E-state index in [0.29, 0.717) is 0 Å². The Kier molecular flexibility index (Phi) is 5.33. The number of sulfonamides is 1. The molecule has 2 rings (SSSR count). The summed E-state index contributed by atoms with van der Waals surface area (Å²) in [5, 5.41) is 10.6. The third-order valence-electron chi connectivity index (χ3n) is 3.49. The van der Waals surface area contributed by atoms with E-state index in [9.17, 15) is 31.4 Å². The maximum atomic E-state index is 14.6. The van der Waals surface area contributed by atoms with E-state index in [2.05, 4.69) is 0 Å². The fourth-order valence-corrected chi connectivity index (χ4v) is 5.12. The molecule has 0 aromatic heterocycles. The molecular weight excluding hydrogens is 387 g/mol. The van der Waals surface area contributed by atoms with Crippen molar-refractivity contribution in [2.75, 3.05) is 10.4 Å². The number of anilines is 1. The largest absolute Gasteiger partial charge is 0.305 e. The molecule has 0 fully saturated rings. The molecule has 0 aliphatic heterocycles. The van der Waals surface area contributed by atoms with Crippen LogP contribution in [0, 0.1) is 24.0 Å². The van der Waals surface area contributed by atoms with Gasteiger partial charge in [0.05, 0.1) is 15.5 Å². The number of hydrogen-bond acceptors (Lipinski definition) is 6. The van der Waals surface area contributed by atoms with Crippen LogP contribution in [0.1, 0.15) is 11.1 Å². The quantitative estimate of drug-likeness (QED) is 0.416. The highest BCUT2D eigenvalue weighted by Crippen LogP contribution is 2.31. The van der Waals surface area contributed by atoms with Gasteiger partial charge in [0, 0.05) is 4.92 Å². The molecule has 0 saturated heterocycles. The Morgan fingerprint density at radius 1 is 1.04 bits per heavy atom. The van der Waals surface area contributed by atoms with Gasteiger partial charge >= 0.3 is 5.88 Å². The number of sulfone groups is 1. The molecule has 0 heterocycles. The van der Waals surface area contributed by atoms with Crippen LogP contribution in [0.25, 0.3) is 0 Å². The van der Waals surface area contributed by atoms with Crippen LogP contribution >= 0.6 is 0 Å². The van der Waals surface area contributed by atoms with Gasteiger partial charge in [-0.3, -0.25) is 10.1 Å². The highest BCUT2D eigenvalue weighted by Gasteiger charge is 2.29. The third-order valence-corrected chi connectivity index (χ3v) is 6.80. The number of rotatable bonds is 6. The SMILES string of the molecule is Cc1cc(N(F)S(=O)(=O)c2ccccc2)cc(C)c1S(=O)(=O)C[N+](=O)[O-]. The second kappa shape index (κ2) is 7.00. The Balaban J connectivity index is 2.52. The fourth-order valence-electron chi connectivity index (χ4n) is 2.55. The lowest BCUT2D eigenvalue weighted by Gasteiger charge is -2.17. The van der Waals surface area contributed by atoms with Gasteiger partial charge < -0.3 is 0 Å². The molecule has 2 aromatic carbocycles. The second-order valence-corrected chi connectivity index (χ2v) is 9.16. The minimum absolute atomic E-state index is 0.00719. The molecule has 0 unspecified atom stereocenters. The molecule has 26 heavy (non-hydrogen) atoms. The highest BCUT2D eigenvalue weighted by atomic mass is 32.2. The minimum atomic E-state index is -4.48. The lowest BCUT2D eigenvalue weighted by Crippen LogP contribution is -2.23. The minimum Gasteiger partial charge on any atom is -0.263 e. The zero-order valence-corrected chi connectivity index (χ0v) is 15.4. The van der Waals surface area contributed by atoms with Gasteiger partial charge in [0.1, 0.15) is 0 Å². The van der Waals surface area contributed by atoms with Crippen molar-refractivity contribution in [2.45, 2.75) is 23.6 Å². The Hall–Kier alpha value is -2.53. The smallest absolute Gasteiger partial charge is 0.263 e. The molecule has 0 N–H and O–H groups in total. The molecule has 0 bridgehead atoms. The predicted molar refractivity (Wildman–Crippen MR) is 92.2 cm³/mol. The molecular formula is C15H15FN2O6S2. The number of nitro groups is 1. The Labute approximate surface area is 149 Å². The van der Waals surface area contributed by atoms with Crippen molar-refractivity contribution in [3.05, 3.63) is 63.7 Å². The molecule has 140 valence electrons. The lowest BCUT2D eigenvalue weighted by molar-refractivity contribution is -0.458.